The Balaban J connectivity index is 1.63. The van der Waals surface area contributed by atoms with Crippen molar-refractivity contribution < 1.29 is 9.47 Å². The van der Waals surface area contributed by atoms with Crippen LogP contribution in [0.3, 0.4) is 0 Å². The summed E-state index contributed by atoms with van der Waals surface area (Å²) in [6, 6.07) is 4.60. The first-order valence-electron chi connectivity index (χ1n) is 7.27. The number of hydrogen-bond donors (Lipinski definition) is 1. The number of pyridine rings is 1. The molecule has 2 rings (SSSR count). The largest absolute Gasteiger partial charge is 0.491 e. The molecule has 0 spiro atoms. The molecule has 0 aliphatic heterocycles. The Kier molecular flexibility index (Phi) is 6.11. The molecule has 1 aromatic heterocycles. The minimum atomic E-state index is 0.600. The molecule has 1 aliphatic carbocycles. The fraction of sp³-hybridized carbons (Fsp3) is 0.667. The first kappa shape index (κ1) is 14.3. The lowest BCUT2D eigenvalue weighted by atomic mass is 10.3. The van der Waals surface area contributed by atoms with E-state index in [0.717, 1.165) is 31.0 Å². The lowest BCUT2D eigenvalue weighted by Crippen LogP contribution is -2.16. The maximum absolute atomic E-state index is 5.66. The molecule has 0 aromatic carbocycles. The molecule has 1 fully saturated rings. The monoisotopic (exact) mass is 264 g/mol. The second-order valence-electron chi connectivity index (χ2n) is 4.95. The summed E-state index contributed by atoms with van der Waals surface area (Å²) in [6.45, 7) is 5.07. The van der Waals surface area contributed by atoms with Crippen molar-refractivity contribution in [2.75, 3.05) is 19.8 Å². The smallest absolute Gasteiger partial charge is 0.122 e. The summed E-state index contributed by atoms with van der Waals surface area (Å²) in [5.41, 5.74) is 1.04. The van der Waals surface area contributed by atoms with Gasteiger partial charge in [-0.3, -0.25) is 4.98 Å². The van der Waals surface area contributed by atoms with Crippen LogP contribution in [0.4, 0.5) is 0 Å². The summed E-state index contributed by atoms with van der Waals surface area (Å²) in [5, 5.41) is 3.45. The average Bonchev–Trinajstić information content (AvgIpc) is 3.25. The van der Waals surface area contributed by atoms with Gasteiger partial charge in [-0.2, -0.15) is 0 Å². The molecule has 0 unspecified atom stereocenters. The standard InChI is InChI=1S/C15H24N2O2/c1-2-3-8-18-9-10-19-15-6-7-16-14(11-15)12-17-13-4-5-13/h6-7,11,13,17H,2-5,8-10,12H2,1H3. The van der Waals surface area contributed by atoms with Crippen LogP contribution in [-0.4, -0.2) is 30.8 Å². The van der Waals surface area contributed by atoms with Crippen molar-refractivity contribution in [1.82, 2.24) is 10.3 Å². The highest BCUT2D eigenvalue weighted by atomic mass is 16.5. The first-order valence-corrected chi connectivity index (χ1v) is 7.27. The summed E-state index contributed by atoms with van der Waals surface area (Å²) >= 11 is 0. The van der Waals surface area contributed by atoms with Crippen LogP contribution in [0.2, 0.25) is 0 Å². The van der Waals surface area contributed by atoms with E-state index in [2.05, 4.69) is 17.2 Å². The quantitative estimate of drug-likeness (QED) is 0.659. The summed E-state index contributed by atoms with van der Waals surface area (Å²) in [7, 11) is 0. The Morgan fingerprint density at radius 3 is 3.00 bits per heavy atom. The maximum atomic E-state index is 5.66. The minimum absolute atomic E-state index is 0.600. The molecular formula is C15H24N2O2. The van der Waals surface area contributed by atoms with Crippen LogP contribution in [0, 0.1) is 0 Å². The van der Waals surface area contributed by atoms with Crippen molar-refractivity contribution >= 4 is 0 Å². The predicted octanol–water partition coefficient (Wildman–Crippen LogP) is 2.53. The number of unbranched alkanes of at least 4 members (excludes halogenated alkanes) is 1. The summed E-state index contributed by atoms with van der Waals surface area (Å²) in [5.74, 6) is 0.877. The van der Waals surface area contributed by atoms with Gasteiger partial charge in [-0.25, -0.2) is 0 Å². The SMILES string of the molecule is CCCCOCCOc1ccnc(CNC2CC2)c1. The molecule has 1 aliphatic rings. The van der Waals surface area contributed by atoms with E-state index in [1.54, 1.807) is 6.20 Å². The van der Waals surface area contributed by atoms with Gasteiger partial charge in [-0.1, -0.05) is 13.3 Å². The first-order chi connectivity index (χ1) is 9.38. The van der Waals surface area contributed by atoms with Crippen LogP contribution in [0.15, 0.2) is 18.3 Å². The van der Waals surface area contributed by atoms with Gasteiger partial charge >= 0.3 is 0 Å². The van der Waals surface area contributed by atoms with Crippen LogP contribution in [0.25, 0.3) is 0 Å². The van der Waals surface area contributed by atoms with Crippen LogP contribution < -0.4 is 10.1 Å². The number of ether oxygens (including phenoxy) is 2. The number of rotatable bonds is 10. The molecule has 1 N–H and O–H groups in total. The predicted molar refractivity (Wildman–Crippen MR) is 75.3 cm³/mol. The van der Waals surface area contributed by atoms with Gasteiger partial charge in [0.2, 0.25) is 0 Å². The van der Waals surface area contributed by atoms with Gasteiger partial charge in [0.15, 0.2) is 0 Å². The number of hydrogen-bond acceptors (Lipinski definition) is 4. The summed E-state index contributed by atoms with van der Waals surface area (Å²) in [6.07, 6.45) is 6.68. The highest BCUT2D eigenvalue weighted by Crippen LogP contribution is 2.19. The third-order valence-corrected chi connectivity index (χ3v) is 3.08. The summed E-state index contributed by atoms with van der Waals surface area (Å²) < 4.78 is 11.1. The van der Waals surface area contributed by atoms with Gasteiger partial charge in [0, 0.05) is 31.5 Å². The fourth-order valence-corrected chi connectivity index (χ4v) is 1.75. The van der Waals surface area contributed by atoms with E-state index in [1.165, 1.54) is 19.3 Å². The highest BCUT2D eigenvalue weighted by Gasteiger charge is 2.20. The second kappa shape index (κ2) is 8.12. The molecule has 1 aromatic rings. The van der Waals surface area contributed by atoms with Crippen LogP contribution >= 0.6 is 0 Å². The van der Waals surface area contributed by atoms with Crippen molar-refractivity contribution in [2.24, 2.45) is 0 Å². The lowest BCUT2D eigenvalue weighted by Gasteiger charge is -2.08. The Morgan fingerprint density at radius 1 is 1.32 bits per heavy atom. The van der Waals surface area contributed by atoms with Gasteiger partial charge in [0.25, 0.3) is 0 Å². The van der Waals surface area contributed by atoms with Gasteiger partial charge < -0.3 is 14.8 Å². The third kappa shape index (κ3) is 6.03. The fourth-order valence-electron chi connectivity index (χ4n) is 1.75. The molecule has 0 bridgehead atoms. The van der Waals surface area contributed by atoms with Gasteiger partial charge in [-0.05, 0) is 25.3 Å². The molecule has 19 heavy (non-hydrogen) atoms. The van der Waals surface area contributed by atoms with E-state index in [-0.39, 0.29) is 0 Å². The normalized spacial score (nSPS) is 14.6. The summed E-state index contributed by atoms with van der Waals surface area (Å²) in [4.78, 5) is 4.33. The van der Waals surface area contributed by atoms with Crippen molar-refractivity contribution in [1.29, 1.82) is 0 Å². The molecule has 0 atom stereocenters. The molecule has 1 heterocycles. The van der Waals surface area contributed by atoms with E-state index >= 15 is 0 Å². The molecule has 106 valence electrons. The second-order valence-corrected chi connectivity index (χ2v) is 4.95. The van der Waals surface area contributed by atoms with E-state index in [1.807, 2.05) is 12.1 Å². The molecular weight excluding hydrogens is 240 g/mol. The van der Waals surface area contributed by atoms with E-state index in [0.29, 0.717) is 19.3 Å². The maximum Gasteiger partial charge on any atom is 0.122 e. The van der Waals surface area contributed by atoms with Crippen molar-refractivity contribution in [3.05, 3.63) is 24.0 Å². The molecule has 4 heteroatoms. The Hall–Kier alpha value is -1.13. The van der Waals surface area contributed by atoms with E-state index < -0.39 is 0 Å². The van der Waals surface area contributed by atoms with Crippen molar-refractivity contribution in [2.45, 2.75) is 45.2 Å². The van der Waals surface area contributed by atoms with Gasteiger partial charge in [-0.15, -0.1) is 0 Å². The molecule has 4 nitrogen and oxygen atoms in total. The van der Waals surface area contributed by atoms with Crippen LogP contribution in [-0.2, 0) is 11.3 Å². The van der Waals surface area contributed by atoms with Crippen LogP contribution in [0.1, 0.15) is 38.3 Å². The highest BCUT2D eigenvalue weighted by molar-refractivity contribution is 5.22. The van der Waals surface area contributed by atoms with Gasteiger partial charge in [0.05, 0.1) is 12.3 Å². The number of nitrogens with one attached hydrogen (secondary N) is 1. The minimum Gasteiger partial charge on any atom is -0.491 e. The lowest BCUT2D eigenvalue weighted by molar-refractivity contribution is 0.0980. The molecule has 1 saturated carbocycles. The van der Waals surface area contributed by atoms with E-state index in [4.69, 9.17) is 9.47 Å². The molecule has 0 amide bonds. The zero-order valence-corrected chi connectivity index (χ0v) is 11.7. The zero-order valence-electron chi connectivity index (χ0n) is 11.7. The average molecular weight is 264 g/mol. The van der Waals surface area contributed by atoms with Gasteiger partial charge in [0.1, 0.15) is 12.4 Å². The zero-order chi connectivity index (χ0) is 13.3. The number of nitrogens with zero attached hydrogens (tertiary/aromatic N) is 1. The van der Waals surface area contributed by atoms with Crippen molar-refractivity contribution in [3.63, 3.8) is 0 Å². The van der Waals surface area contributed by atoms with Crippen LogP contribution in [0.5, 0.6) is 5.75 Å². The Labute approximate surface area is 115 Å². The Bertz CT molecular complexity index is 367. The third-order valence-electron chi connectivity index (χ3n) is 3.08. The van der Waals surface area contributed by atoms with E-state index in [9.17, 15) is 0 Å². The number of aromatic nitrogens is 1. The molecule has 0 saturated heterocycles. The van der Waals surface area contributed by atoms with Crippen molar-refractivity contribution in [3.8, 4) is 5.75 Å². The Morgan fingerprint density at radius 2 is 2.21 bits per heavy atom. The molecule has 0 radical (unpaired) electrons. The topological polar surface area (TPSA) is 43.4 Å².